The van der Waals surface area contributed by atoms with Crippen LogP contribution < -0.4 is 0 Å². The minimum atomic E-state index is -0.759. The van der Waals surface area contributed by atoms with Crippen molar-refractivity contribution in [3.63, 3.8) is 0 Å². The van der Waals surface area contributed by atoms with Gasteiger partial charge < -0.3 is 0 Å². The summed E-state index contributed by atoms with van der Waals surface area (Å²) in [6.45, 7) is 14.0. The predicted octanol–water partition coefficient (Wildman–Crippen LogP) is 7.42. The van der Waals surface area contributed by atoms with E-state index >= 15 is 0 Å². The monoisotopic (exact) mass is 498 g/mol. The van der Waals surface area contributed by atoms with Crippen LogP contribution in [-0.4, -0.2) is 39.5 Å². The zero-order valence-corrected chi connectivity index (χ0v) is 21.2. The van der Waals surface area contributed by atoms with Crippen LogP contribution in [0.1, 0.15) is 80.1 Å². The van der Waals surface area contributed by atoms with Crippen molar-refractivity contribution >= 4 is 39.5 Å². The van der Waals surface area contributed by atoms with Gasteiger partial charge in [0.1, 0.15) is 0 Å². The van der Waals surface area contributed by atoms with E-state index < -0.39 is 39.5 Å². The average molecular weight is 496 g/mol. The fourth-order valence-corrected chi connectivity index (χ4v) is 19.3. The molecule has 0 spiro atoms. The van der Waals surface area contributed by atoms with E-state index in [1.54, 1.807) is 26.6 Å². The SMILES string of the molecule is CC[CH2][Sn]([CH2]CC)[CH2]CC.CC[CH2][Sn]([CH2]CC)[CH2]CC. The summed E-state index contributed by atoms with van der Waals surface area (Å²) in [7, 11) is 0. The normalized spacial score (nSPS) is 10.8. The van der Waals surface area contributed by atoms with Gasteiger partial charge in [0, 0.05) is 0 Å². The maximum absolute atomic E-state index is 2.34. The summed E-state index contributed by atoms with van der Waals surface area (Å²) in [6.07, 6.45) is 8.72. The molecule has 0 fully saturated rings. The van der Waals surface area contributed by atoms with Crippen molar-refractivity contribution in [3.8, 4) is 0 Å². The van der Waals surface area contributed by atoms with Gasteiger partial charge in [-0.1, -0.05) is 0 Å². The Balaban J connectivity index is 0. The maximum atomic E-state index is 2.34. The van der Waals surface area contributed by atoms with E-state index in [0.29, 0.717) is 0 Å². The van der Waals surface area contributed by atoms with Gasteiger partial charge in [-0.25, -0.2) is 0 Å². The van der Waals surface area contributed by atoms with Gasteiger partial charge in [0.15, 0.2) is 0 Å². The van der Waals surface area contributed by atoms with E-state index in [0.717, 1.165) is 0 Å². The molecule has 0 saturated carbocycles. The van der Waals surface area contributed by atoms with Gasteiger partial charge in [-0.15, -0.1) is 0 Å². The van der Waals surface area contributed by atoms with Crippen LogP contribution >= 0.6 is 0 Å². The molecule has 0 aliphatic carbocycles. The van der Waals surface area contributed by atoms with Crippen molar-refractivity contribution in [2.75, 3.05) is 0 Å². The van der Waals surface area contributed by atoms with Crippen molar-refractivity contribution in [3.05, 3.63) is 0 Å². The Morgan fingerprint density at radius 2 is 0.500 bits per heavy atom. The van der Waals surface area contributed by atoms with E-state index in [4.69, 9.17) is 0 Å². The second-order valence-electron chi connectivity index (χ2n) is 6.00. The third kappa shape index (κ3) is 17.6. The molecule has 0 N–H and O–H groups in total. The van der Waals surface area contributed by atoms with E-state index in [1.165, 1.54) is 38.5 Å². The first-order valence-corrected chi connectivity index (χ1v) is 21.5. The second-order valence-corrected chi connectivity index (χ2v) is 23.1. The zero-order valence-electron chi connectivity index (χ0n) is 15.5. The molecule has 0 nitrogen and oxygen atoms in total. The van der Waals surface area contributed by atoms with E-state index in [9.17, 15) is 0 Å². The summed E-state index contributed by atoms with van der Waals surface area (Å²) in [5, 5.41) is 0. The molecule has 2 heteroatoms. The summed E-state index contributed by atoms with van der Waals surface area (Å²) in [5.41, 5.74) is 0. The number of hydrogen-bond acceptors (Lipinski definition) is 0. The van der Waals surface area contributed by atoms with Crippen molar-refractivity contribution in [1.29, 1.82) is 0 Å². The van der Waals surface area contributed by atoms with Gasteiger partial charge in [-0.3, -0.25) is 0 Å². The molecule has 0 aliphatic rings. The predicted molar refractivity (Wildman–Crippen MR) is 102 cm³/mol. The molecule has 20 heavy (non-hydrogen) atoms. The molecule has 0 aromatic rings. The van der Waals surface area contributed by atoms with Gasteiger partial charge >= 0.3 is 146 Å². The fourth-order valence-electron chi connectivity index (χ4n) is 2.87. The first-order valence-electron chi connectivity index (χ1n) is 9.36. The molecule has 122 valence electrons. The Morgan fingerprint density at radius 1 is 0.350 bits per heavy atom. The van der Waals surface area contributed by atoms with E-state index in [-0.39, 0.29) is 0 Å². The number of rotatable bonds is 12. The van der Waals surface area contributed by atoms with Crippen LogP contribution in [0.25, 0.3) is 0 Å². The molecule has 0 heterocycles. The Hall–Kier alpha value is 1.60. The first-order chi connectivity index (χ1) is 9.69. The van der Waals surface area contributed by atoms with E-state index in [1.807, 2.05) is 0 Å². The molecular weight excluding hydrogens is 454 g/mol. The van der Waals surface area contributed by atoms with Crippen LogP contribution in [0, 0.1) is 0 Å². The summed E-state index contributed by atoms with van der Waals surface area (Å²) >= 11 is -1.52. The third-order valence-electron chi connectivity index (χ3n) is 3.62. The Labute approximate surface area is 145 Å². The van der Waals surface area contributed by atoms with Crippen LogP contribution in [0.5, 0.6) is 0 Å². The molecule has 0 amide bonds. The van der Waals surface area contributed by atoms with Crippen molar-refractivity contribution in [1.82, 2.24) is 0 Å². The second kappa shape index (κ2) is 20.6. The molecule has 0 aromatic heterocycles. The molecule has 0 rings (SSSR count). The summed E-state index contributed by atoms with van der Waals surface area (Å²) in [5.74, 6) is 0. The first kappa shape index (κ1) is 23.9. The summed E-state index contributed by atoms with van der Waals surface area (Å²) in [4.78, 5) is 0. The standard InChI is InChI=1S/6C3H7.2Sn/c6*1-3-2;;/h6*1,3H2,2H3;;. The molecular formula is C18H42Sn2. The van der Waals surface area contributed by atoms with Crippen LogP contribution in [0.3, 0.4) is 0 Å². The van der Waals surface area contributed by atoms with Crippen molar-refractivity contribution < 1.29 is 0 Å². The Bertz CT molecular complexity index is 113. The zero-order chi connectivity index (χ0) is 15.6. The molecule has 0 aromatic carbocycles. The van der Waals surface area contributed by atoms with Gasteiger partial charge in [0.05, 0.1) is 0 Å². The van der Waals surface area contributed by atoms with Gasteiger partial charge in [0.2, 0.25) is 0 Å². The third-order valence-corrected chi connectivity index (χ3v) is 24.3. The quantitative estimate of drug-likeness (QED) is 0.247. The van der Waals surface area contributed by atoms with Crippen molar-refractivity contribution in [2.24, 2.45) is 0 Å². The van der Waals surface area contributed by atoms with Crippen LogP contribution in [-0.2, 0) is 0 Å². The van der Waals surface area contributed by atoms with E-state index in [2.05, 4.69) is 41.5 Å². The molecule has 0 unspecified atom stereocenters. The van der Waals surface area contributed by atoms with Gasteiger partial charge in [0.25, 0.3) is 0 Å². The molecule has 2 radical (unpaired) electrons. The topological polar surface area (TPSA) is 0 Å². The summed E-state index contributed by atoms with van der Waals surface area (Å²) < 4.78 is 9.86. The van der Waals surface area contributed by atoms with Crippen LogP contribution in [0.15, 0.2) is 0 Å². The summed E-state index contributed by atoms with van der Waals surface area (Å²) in [6, 6.07) is 0. The average Bonchev–Trinajstić information content (AvgIpc) is 2.41. The number of hydrogen-bond donors (Lipinski definition) is 0. The van der Waals surface area contributed by atoms with Crippen LogP contribution in [0.4, 0.5) is 0 Å². The van der Waals surface area contributed by atoms with Crippen LogP contribution in [0.2, 0.25) is 26.6 Å². The van der Waals surface area contributed by atoms with Gasteiger partial charge in [-0.2, -0.15) is 0 Å². The fraction of sp³-hybridized carbons (Fsp3) is 1.00. The molecule has 0 atom stereocenters. The molecule has 0 saturated heterocycles. The minimum absolute atomic E-state index is 0.759. The molecule has 0 aliphatic heterocycles. The Kier molecular flexibility index (Phi) is 24.6. The Morgan fingerprint density at radius 3 is 0.600 bits per heavy atom. The van der Waals surface area contributed by atoms with Gasteiger partial charge in [-0.05, 0) is 0 Å². The van der Waals surface area contributed by atoms with Crippen molar-refractivity contribution in [2.45, 2.75) is 107 Å². The molecule has 0 bridgehead atoms.